The smallest absolute Gasteiger partial charge is 0.234 e. The Labute approximate surface area is 103 Å². The van der Waals surface area contributed by atoms with Crippen molar-refractivity contribution in [2.24, 2.45) is 5.41 Å². The molecule has 0 saturated heterocycles. The molecule has 0 fully saturated rings. The van der Waals surface area contributed by atoms with Crippen LogP contribution in [-0.2, 0) is 9.59 Å². The minimum Gasteiger partial charge on any atom is -0.355 e. The molecule has 0 aliphatic rings. The van der Waals surface area contributed by atoms with Crippen LogP contribution in [0.2, 0.25) is 0 Å². The Balaban J connectivity index is 4.39. The molecule has 4 heteroatoms. The van der Waals surface area contributed by atoms with Crippen LogP contribution in [0.4, 0.5) is 0 Å². The molecule has 1 unspecified atom stereocenters. The van der Waals surface area contributed by atoms with Crippen molar-refractivity contribution < 1.29 is 9.59 Å². The Bertz CT molecular complexity index is 246. The second-order valence-corrected chi connectivity index (χ2v) is 6.28. The van der Waals surface area contributed by atoms with Gasteiger partial charge in [0.15, 0.2) is 5.12 Å². The summed E-state index contributed by atoms with van der Waals surface area (Å²) in [7, 11) is 0. The molecule has 0 saturated carbocycles. The van der Waals surface area contributed by atoms with Gasteiger partial charge in [0, 0.05) is 13.5 Å². The highest BCUT2D eigenvalue weighted by atomic mass is 32.2. The number of hydrogen-bond acceptors (Lipinski definition) is 3. The van der Waals surface area contributed by atoms with Crippen LogP contribution >= 0.6 is 11.8 Å². The van der Waals surface area contributed by atoms with E-state index in [1.54, 1.807) is 0 Å². The minimum atomic E-state index is -0.304. The second-order valence-electron chi connectivity index (χ2n) is 5.00. The van der Waals surface area contributed by atoms with E-state index in [1.165, 1.54) is 6.92 Å². The summed E-state index contributed by atoms with van der Waals surface area (Å²) in [6, 6.07) is 0. The first-order chi connectivity index (χ1) is 7.29. The monoisotopic (exact) mass is 245 g/mol. The lowest BCUT2D eigenvalue weighted by Gasteiger charge is -2.28. The summed E-state index contributed by atoms with van der Waals surface area (Å²) < 4.78 is 0. The van der Waals surface area contributed by atoms with Gasteiger partial charge in [0.25, 0.3) is 0 Å². The molecule has 1 amide bonds. The molecule has 0 bridgehead atoms. The van der Waals surface area contributed by atoms with E-state index >= 15 is 0 Å². The molecule has 16 heavy (non-hydrogen) atoms. The Morgan fingerprint density at radius 3 is 2.25 bits per heavy atom. The van der Waals surface area contributed by atoms with E-state index < -0.39 is 0 Å². The van der Waals surface area contributed by atoms with Gasteiger partial charge in [-0.2, -0.15) is 0 Å². The summed E-state index contributed by atoms with van der Waals surface area (Å²) in [4.78, 5) is 23.0. The number of rotatable bonds is 5. The van der Waals surface area contributed by atoms with Crippen LogP contribution in [0.3, 0.4) is 0 Å². The van der Waals surface area contributed by atoms with Gasteiger partial charge >= 0.3 is 0 Å². The molecule has 0 aromatic rings. The summed E-state index contributed by atoms with van der Waals surface area (Å²) in [6.07, 6.45) is 2.04. The number of unbranched alkanes of at least 4 members (excludes halogenated alkanes) is 1. The Morgan fingerprint density at radius 2 is 1.88 bits per heavy atom. The maximum Gasteiger partial charge on any atom is 0.234 e. The summed E-state index contributed by atoms with van der Waals surface area (Å²) >= 11 is 1.12. The average molecular weight is 245 g/mol. The fourth-order valence-electron chi connectivity index (χ4n) is 1.27. The molecule has 0 radical (unpaired) electrons. The molecule has 0 aromatic carbocycles. The second kappa shape index (κ2) is 6.94. The number of nitrogens with one attached hydrogen (secondary N) is 1. The van der Waals surface area contributed by atoms with Crippen molar-refractivity contribution in [1.82, 2.24) is 5.32 Å². The zero-order valence-electron chi connectivity index (χ0n) is 10.9. The van der Waals surface area contributed by atoms with Crippen LogP contribution in [0.5, 0.6) is 0 Å². The van der Waals surface area contributed by atoms with E-state index in [1.807, 2.05) is 20.8 Å². The van der Waals surface area contributed by atoms with Crippen molar-refractivity contribution in [1.29, 1.82) is 0 Å². The number of amides is 1. The van der Waals surface area contributed by atoms with Crippen molar-refractivity contribution in [3.05, 3.63) is 0 Å². The Kier molecular flexibility index (Phi) is 6.72. The quantitative estimate of drug-likeness (QED) is 0.757. The first kappa shape index (κ1) is 15.5. The highest BCUT2D eigenvalue weighted by Crippen LogP contribution is 2.30. The SMILES string of the molecule is CCCCNC(=O)C(SC(C)=O)C(C)(C)C. The Hall–Kier alpha value is -0.510. The van der Waals surface area contributed by atoms with E-state index in [4.69, 9.17) is 0 Å². The lowest BCUT2D eigenvalue weighted by molar-refractivity contribution is -0.122. The van der Waals surface area contributed by atoms with Gasteiger partial charge in [-0.05, 0) is 11.8 Å². The van der Waals surface area contributed by atoms with Gasteiger partial charge in [0.05, 0.1) is 5.25 Å². The van der Waals surface area contributed by atoms with Crippen molar-refractivity contribution in [3.8, 4) is 0 Å². The van der Waals surface area contributed by atoms with Crippen LogP contribution < -0.4 is 5.32 Å². The van der Waals surface area contributed by atoms with E-state index in [0.717, 1.165) is 24.6 Å². The van der Waals surface area contributed by atoms with E-state index in [2.05, 4.69) is 12.2 Å². The third-order valence-corrected chi connectivity index (χ3v) is 3.63. The summed E-state index contributed by atoms with van der Waals surface area (Å²) in [5, 5.41) is 2.57. The van der Waals surface area contributed by atoms with Crippen molar-refractivity contribution in [2.45, 2.75) is 52.7 Å². The molecular weight excluding hydrogens is 222 g/mol. The molecule has 3 nitrogen and oxygen atoms in total. The molecule has 94 valence electrons. The molecule has 0 rings (SSSR count). The van der Waals surface area contributed by atoms with Crippen molar-refractivity contribution in [2.75, 3.05) is 6.54 Å². The number of carbonyl (C=O) groups is 2. The maximum absolute atomic E-state index is 11.9. The largest absolute Gasteiger partial charge is 0.355 e. The number of carbonyl (C=O) groups excluding carboxylic acids is 2. The highest BCUT2D eigenvalue weighted by Gasteiger charge is 2.32. The standard InChI is InChI=1S/C12H23NO2S/c1-6-7-8-13-11(15)10(12(3,4)5)16-9(2)14/h10H,6-8H2,1-5H3,(H,13,15). The van der Waals surface area contributed by atoms with Crippen LogP contribution in [-0.4, -0.2) is 22.8 Å². The van der Waals surface area contributed by atoms with Crippen molar-refractivity contribution in [3.63, 3.8) is 0 Å². The average Bonchev–Trinajstić information content (AvgIpc) is 2.12. The molecular formula is C12H23NO2S. The van der Waals surface area contributed by atoms with Gasteiger partial charge in [0.2, 0.25) is 5.91 Å². The van der Waals surface area contributed by atoms with Gasteiger partial charge in [-0.1, -0.05) is 45.9 Å². The van der Waals surface area contributed by atoms with Crippen molar-refractivity contribution >= 4 is 22.8 Å². The zero-order valence-corrected chi connectivity index (χ0v) is 11.7. The molecule has 0 aliphatic carbocycles. The number of thioether (sulfide) groups is 1. The van der Waals surface area contributed by atoms with Gasteiger partial charge < -0.3 is 5.32 Å². The third-order valence-electron chi connectivity index (χ3n) is 2.14. The lowest BCUT2D eigenvalue weighted by atomic mass is 9.91. The van der Waals surface area contributed by atoms with E-state index in [0.29, 0.717) is 6.54 Å². The summed E-state index contributed by atoms with van der Waals surface area (Å²) in [6.45, 7) is 10.2. The lowest BCUT2D eigenvalue weighted by Crippen LogP contribution is -2.41. The predicted molar refractivity (Wildman–Crippen MR) is 69.4 cm³/mol. The number of hydrogen-bond donors (Lipinski definition) is 1. The highest BCUT2D eigenvalue weighted by molar-refractivity contribution is 8.14. The fourth-order valence-corrected chi connectivity index (χ4v) is 2.15. The molecule has 1 N–H and O–H groups in total. The summed E-state index contributed by atoms with van der Waals surface area (Å²) in [5.74, 6) is -0.0267. The third kappa shape index (κ3) is 6.16. The molecule has 1 atom stereocenters. The van der Waals surface area contributed by atoms with Gasteiger partial charge in [-0.25, -0.2) is 0 Å². The first-order valence-corrected chi connectivity index (χ1v) is 6.62. The van der Waals surface area contributed by atoms with Crippen LogP contribution in [0.1, 0.15) is 47.5 Å². The fraction of sp³-hybridized carbons (Fsp3) is 0.833. The first-order valence-electron chi connectivity index (χ1n) is 5.74. The molecule has 0 heterocycles. The predicted octanol–water partition coefficient (Wildman–Crippen LogP) is 2.60. The van der Waals surface area contributed by atoms with E-state index in [9.17, 15) is 9.59 Å². The minimum absolute atomic E-state index is 0.00873. The van der Waals surface area contributed by atoms with Gasteiger partial charge in [-0.3, -0.25) is 9.59 Å². The summed E-state index contributed by atoms with van der Waals surface area (Å²) in [5.41, 5.74) is -0.202. The van der Waals surface area contributed by atoms with Gasteiger partial charge in [0.1, 0.15) is 0 Å². The maximum atomic E-state index is 11.9. The zero-order chi connectivity index (χ0) is 12.8. The molecule has 0 spiro atoms. The van der Waals surface area contributed by atoms with E-state index in [-0.39, 0.29) is 21.7 Å². The van der Waals surface area contributed by atoms with Crippen LogP contribution in [0, 0.1) is 5.41 Å². The molecule has 0 aromatic heterocycles. The Morgan fingerprint density at radius 1 is 1.31 bits per heavy atom. The topological polar surface area (TPSA) is 46.2 Å². The normalized spacial score (nSPS) is 13.3. The van der Waals surface area contributed by atoms with Crippen LogP contribution in [0.15, 0.2) is 0 Å². The van der Waals surface area contributed by atoms with Gasteiger partial charge in [-0.15, -0.1) is 0 Å². The van der Waals surface area contributed by atoms with Crippen LogP contribution in [0.25, 0.3) is 0 Å². The molecule has 0 aliphatic heterocycles.